The number of aliphatic hydroxyl groups excluding tert-OH is 1. The highest BCUT2D eigenvalue weighted by Gasteiger charge is 2.33. The smallest absolute Gasteiger partial charge is 0.391 e. The van der Waals surface area contributed by atoms with Gasteiger partial charge in [-0.15, -0.1) is 13.2 Å². The Kier molecular flexibility index (Phi) is 3.63. The summed E-state index contributed by atoms with van der Waals surface area (Å²) in [6.07, 6.45) is -5.09. The van der Waals surface area contributed by atoms with Gasteiger partial charge in [0, 0.05) is 5.56 Å². The zero-order valence-corrected chi connectivity index (χ0v) is 7.68. The van der Waals surface area contributed by atoms with Crippen molar-refractivity contribution in [1.29, 1.82) is 0 Å². The van der Waals surface area contributed by atoms with Crippen molar-refractivity contribution in [1.82, 2.24) is 4.98 Å². The van der Waals surface area contributed by atoms with E-state index in [1.54, 1.807) is 0 Å². The molecule has 0 spiro atoms. The Labute approximate surface area is 86.5 Å². The highest BCUT2D eigenvalue weighted by molar-refractivity contribution is 5.34. The Hall–Kier alpha value is -1.44. The molecule has 0 aliphatic carbocycles. The van der Waals surface area contributed by atoms with E-state index in [9.17, 15) is 22.0 Å². The van der Waals surface area contributed by atoms with Crippen LogP contribution in [-0.2, 0) is 13.3 Å². The van der Waals surface area contributed by atoms with E-state index in [-0.39, 0.29) is 0 Å². The third-order valence-electron chi connectivity index (χ3n) is 1.66. The van der Waals surface area contributed by atoms with E-state index in [1.165, 1.54) is 0 Å². The molecule has 1 aromatic rings. The molecule has 1 heterocycles. The molecule has 0 unspecified atom stereocenters. The lowest BCUT2D eigenvalue weighted by Gasteiger charge is -2.13. The van der Waals surface area contributed by atoms with Crippen molar-refractivity contribution in [2.24, 2.45) is 0 Å². The molecule has 0 amide bonds. The molecule has 0 fully saturated rings. The van der Waals surface area contributed by atoms with Gasteiger partial charge >= 0.3 is 6.36 Å². The van der Waals surface area contributed by atoms with Crippen LogP contribution < -0.4 is 4.74 Å². The maximum Gasteiger partial charge on any atom is 0.574 e. The molecule has 0 aromatic carbocycles. The summed E-state index contributed by atoms with van der Waals surface area (Å²) in [5.41, 5.74) is -0.963. The quantitative estimate of drug-likeness (QED) is 0.652. The molecular formula is C8H6F5NO2. The Morgan fingerprint density at radius 3 is 2.44 bits per heavy atom. The first-order valence-corrected chi connectivity index (χ1v) is 3.98. The van der Waals surface area contributed by atoms with Gasteiger partial charge in [-0.05, 0) is 11.6 Å². The van der Waals surface area contributed by atoms with Gasteiger partial charge in [0.25, 0.3) is 0 Å². The molecule has 0 radical (unpaired) electrons. The van der Waals surface area contributed by atoms with Crippen molar-refractivity contribution in [3.8, 4) is 5.88 Å². The van der Waals surface area contributed by atoms with E-state index in [0.717, 1.165) is 0 Å². The lowest BCUT2D eigenvalue weighted by Crippen LogP contribution is -2.20. The largest absolute Gasteiger partial charge is 0.574 e. The first-order chi connectivity index (χ1) is 7.37. The molecule has 0 aliphatic heterocycles. The van der Waals surface area contributed by atoms with Crippen LogP contribution >= 0.6 is 0 Å². The summed E-state index contributed by atoms with van der Waals surface area (Å²) < 4.78 is 64.0. The van der Waals surface area contributed by atoms with E-state index in [1.807, 2.05) is 0 Å². The average molecular weight is 243 g/mol. The molecule has 0 saturated carbocycles. The number of aliphatic hydroxyl groups is 1. The van der Waals surface area contributed by atoms with Crippen LogP contribution in [0.25, 0.3) is 0 Å². The first-order valence-electron chi connectivity index (χ1n) is 3.98. The molecule has 1 aromatic heterocycles. The molecule has 0 bridgehead atoms. The molecule has 1 N–H and O–H groups in total. The number of halogens is 5. The minimum Gasteiger partial charge on any atom is -0.391 e. The van der Waals surface area contributed by atoms with Crippen LogP contribution in [-0.4, -0.2) is 16.5 Å². The SMILES string of the molecule is OCc1c(CF)cc(F)nc1OC(F)(F)F. The maximum atomic E-state index is 12.7. The Morgan fingerprint density at radius 1 is 1.38 bits per heavy atom. The van der Waals surface area contributed by atoms with Crippen LogP contribution in [0.5, 0.6) is 5.88 Å². The highest BCUT2D eigenvalue weighted by Crippen LogP contribution is 2.27. The first kappa shape index (κ1) is 12.6. The summed E-state index contributed by atoms with van der Waals surface area (Å²) in [7, 11) is 0. The summed E-state index contributed by atoms with van der Waals surface area (Å²) in [6, 6.07) is 0.592. The van der Waals surface area contributed by atoms with E-state index >= 15 is 0 Å². The van der Waals surface area contributed by atoms with Crippen LogP contribution in [0, 0.1) is 5.95 Å². The Morgan fingerprint density at radius 2 is 2.00 bits per heavy atom. The average Bonchev–Trinajstić information content (AvgIpc) is 2.14. The monoisotopic (exact) mass is 243 g/mol. The topological polar surface area (TPSA) is 42.4 Å². The predicted molar refractivity (Wildman–Crippen MR) is 41.6 cm³/mol. The number of hydrogen-bond acceptors (Lipinski definition) is 3. The van der Waals surface area contributed by atoms with Gasteiger partial charge < -0.3 is 9.84 Å². The molecule has 8 heteroatoms. The fourth-order valence-corrected chi connectivity index (χ4v) is 1.05. The summed E-state index contributed by atoms with van der Waals surface area (Å²) in [5, 5.41) is 8.74. The second-order valence-corrected chi connectivity index (χ2v) is 2.73. The minimum absolute atomic E-state index is 0.436. The van der Waals surface area contributed by atoms with E-state index in [0.29, 0.717) is 6.07 Å². The summed E-state index contributed by atoms with van der Waals surface area (Å²) in [6.45, 7) is -2.17. The van der Waals surface area contributed by atoms with Crippen molar-refractivity contribution in [2.45, 2.75) is 19.6 Å². The van der Waals surface area contributed by atoms with E-state index < -0.39 is 42.6 Å². The third-order valence-corrected chi connectivity index (χ3v) is 1.66. The molecule has 90 valence electrons. The standard InChI is InChI=1S/C8H6F5NO2/c9-2-4-1-6(10)14-7(5(4)3-15)16-8(11,12)13/h1,15H,2-3H2. The molecular weight excluding hydrogens is 237 g/mol. The van der Waals surface area contributed by atoms with E-state index in [2.05, 4.69) is 9.72 Å². The normalized spacial score (nSPS) is 11.6. The van der Waals surface area contributed by atoms with Gasteiger partial charge in [-0.1, -0.05) is 0 Å². The van der Waals surface area contributed by atoms with Crippen LogP contribution in [0.2, 0.25) is 0 Å². The second kappa shape index (κ2) is 4.60. The molecule has 0 saturated heterocycles. The fourth-order valence-electron chi connectivity index (χ4n) is 1.05. The van der Waals surface area contributed by atoms with Gasteiger partial charge in [0.1, 0.15) is 6.67 Å². The predicted octanol–water partition coefficient (Wildman–Crippen LogP) is 2.08. The van der Waals surface area contributed by atoms with Crippen molar-refractivity contribution in [3.63, 3.8) is 0 Å². The van der Waals surface area contributed by atoms with Gasteiger partial charge in [-0.2, -0.15) is 9.37 Å². The van der Waals surface area contributed by atoms with Gasteiger partial charge in [0.2, 0.25) is 11.8 Å². The number of ether oxygens (including phenoxy) is 1. The van der Waals surface area contributed by atoms with Gasteiger partial charge in [-0.25, -0.2) is 4.39 Å². The fraction of sp³-hybridized carbons (Fsp3) is 0.375. The molecule has 1 rings (SSSR count). The van der Waals surface area contributed by atoms with Crippen molar-refractivity contribution < 1.29 is 31.8 Å². The molecule has 0 aliphatic rings. The number of aromatic nitrogens is 1. The molecule has 16 heavy (non-hydrogen) atoms. The Bertz CT molecular complexity index is 379. The molecule has 3 nitrogen and oxygen atoms in total. The lowest BCUT2D eigenvalue weighted by molar-refractivity contribution is -0.276. The third kappa shape index (κ3) is 3.02. The van der Waals surface area contributed by atoms with Gasteiger partial charge in [0.15, 0.2) is 0 Å². The van der Waals surface area contributed by atoms with Gasteiger partial charge in [-0.3, -0.25) is 0 Å². The zero-order valence-electron chi connectivity index (χ0n) is 7.68. The number of pyridine rings is 1. The van der Waals surface area contributed by atoms with Crippen LogP contribution in [0.1, 0.15) is 11.1 Å². The summed E-state index contributed by atoms with van der Waals surface area (Å²) >= 11 is 0. The Balaban J connectivity index is 3.20. The highest BCUT2D eigenvalue weighted by atomic mass is 19.4. The van der Waals surface area contributed by atoms with Crippen LogP contribution in [0.15, 0.2) is 6.07 Å². The van der Waals surface area contributed by atoms with Crippen molar-refractivity contribution >= 4 is 0 Å². The summed E-state index contributed by atoms with van der Waals surface area (Å²) in [4.78, 5) is 2.80. The number of rotatable bonds is 3. The summed E-state index contributed by atoms with van der Waals surface area (Å²) in [5.74, 6) is -2.49. The zero-order chi connectivity index (χ0) is 12.3. The van der Waals surface area contributed by atoms with Crippen molar-refractivity contribution in [2.75, 3.05) is 0 Å². The van der Waals surface area contributed by atoms with Gasteiger partial charge in [0.05, 0.1) is 6.61 Å². The number of hydrogen-bond donors (Lipinski definition) is 1. The number of nitrogens with zero attached hydrogens (tertiary/aromatic N) is 1. The number of alkyl halides is 4. The van der Waals surface area contributed by atoms with Crippen LogP contribution in [0.4, 0.5) is 22.0 Å². The second-order valence-electron chi connectivity index (χ2n) is 2.73. The van der Waals surface area contributed by atoms with Crippen LogP contribution in [0.3, 0.4) is 0 Å². The maximum absolute atomic E-state index is 12.7. The molecule has 0 atom stereocenters. The minimum atomic E-state index is -5.09. The van der Waals surface area contributed by atoms with E-state index in [4.69, 9.17) is 5.11 Å². The van der Waals surface area contributed by atoms with Crippen molar-refractivity contribution in [3.05, 3.63) is 23.1 Å². The lowest BCUT2D eigenvalue weighted by atomic mass is 10.1.